The normalized spacial score (nSPS) is 42.2. The molecule has 3 aliphatic heterocycles. The zero-order chi connectivity index (χ0) is 20.9. The number of ether oxygens (including phenoxy) is 5. The fourth-order valence-electron chi connectivity index (χ4n) is 4.46. The highest BCUT2D eigenvalue weighted by Gasteiger charge is 2.59. The second kappa shape index (κ2) is 7.28. The van der Waals surface area contributed by atoms with Crippen molar-refractivity contribution in [3.63, 3.8) is 0 Å². The van der Waals surface area contributed by atoms with Crippen LogP contribution in [0.5, 0.6) is 0 Å². The molecular formula is C21H30O7. The maximum absolute atomic E-state index is 12.4. The van der Waals surface area contributed by atoms with E-state index in [-0.39, 0.29) is 18.0 Å². The Labute approximate surface area is 166 Å². The van der Waals surface area contributed by atoms with E-state index in [1.807, 2.05) is 19.9 Å². The summed E-state index contributed by atoms with van der Waals surface area (Å²) in [6.45, 7) is 11.3. The Balaban J connectivity index is 2.10. The van der Waals surface area contributed by atoms with Crippen molar-refractivity contribution < 1.29 is 33.3 Å². The van der Waals surface area contributed by atoms with Crippen molar-refractivity contribution in [1.29, 1.82) is 0 Å². The first-order chi connectivity index (χ1) is 13.1. The average Bonchev–Trinajstić information content (AvgIpc) is 3.08. The van der Waals surface area contributed by atoms with E-state index >= 15 is 0 Å². The number of rotatable bonds is 4. The molecule has 0 aliphatic carbocycles. The Morgan fingerprint density at radius 3 is 2.57 bits per heavy atom. The largest absolute Gasteiger partial charge is 0.461 e. The molecule has 0 saturated carbocycles. The quantitative estimate of drug-likeness (QED) is 0.412. The van der Waals surface area contributed by atoms with Gasteiger partial charge < -0.3 is 23.7 Å². The van der Waals surface area contributed by atoms with Gasteiger partial charge in [-0.3, -0.25) is 4.79 Å². The second-order valence-electron chi connectivity index (χ2n) is 8.41. The third-order valence-electron chi connectivity index (χ3n) is 6.17. The van der Waals surface area contributed by atoms with Gasteiger partial charge in [0, 0.05) is 32.6 Å². The van der Waals surface area contributed by atoms with Gasteiger partial charge in [-0.25, -0.2) is 4.79 Å². The van der Waals surface area contributed by atoms with Crippen LogP contribution in [0, 0.1) is 11.8 Å². The van der Waals surface area contributed by atoms with Gasteiger partial charge in [0.25, 0.3) is 0 Å². The molecule has 0 aromatic rings. The molecule has 2 fully saturated rings. The standard InChI is InChI=1S/C21H30O7/c1-11(2)18(22)27-15-9-20(5)16(24-6)10-21(25-7,28-20)12(3)8-14-17(15)13(4)19(23)26-14/h8,11,14-17H,4,9-10H2,1-3,5-7H3/b12-8+/t14-,15+,16+,17-,20+,21+/m0/s1. The molecule has 3 heterocycles. The van der Waals surface area contributed by atoms with E-state index in [1.165, 1.54) is 0 Å². The first-order valence-electron chi connectivity index (χ1n) is 9.64. The van der Waals surface area contributed by atoms with E-state index in [1.54, 1.807) is 28.1 Å². The monoisotopic (exact) mass is 394 g/mol. The zero-order valence-electron chi connectivity index (χ0n) is 17.4. The summed E-state index contributed by atoms with van der Waals surface area (Å²) < 4.78 is 29.3. The van der Waals surface area contributed by atoms with E-state index in [0.717, 1.165) is 5.57 Å². The molecule has 7 heteroatoms. The van der Waals surface area contributed by atoms with Gasteiger partial charge in [-0.15, -0.1) is 0 Å². The van der Waals surface area contributed by atoms with Crippen LogP contribution in [-0.2, 0) is 33.3 Å². The fourth-order valence-corrected chi connectivity index (χ4v) is 4.46. The molecule has 0 radical (unpaired) electrons. The summed E-state index contributed by atoms with van der Waals surface area (Å²) in [5, 5.41) is 0. The highest BCUT2D eigenvalue weighted by molar-refractivity contribution is 5.91. The third-order valence-corrected chi connectivity index (χ3v) is 6.17. The summed E-state index contributed by atoms with van der Waals surface area (Å²) in [6, 6.07) is 0. The molecule has 0 unspecified atom stereocenters. The van der Waals surface area contributed by atoms with Crippen LogP contribution in [0.3, 0.4) is 0 Å². The zero-order valence-corrected chi connectivity index (χ0v) is 17.4. The fraction of sp³-hybridized carbons (Fsp3) is 0.714. The van der Waals surface area contributed by atoms with Gasteiger partial charge in [0.15, 0.2) is 5.79 Å². The van der Waals surface area contributed by atoms with Crippen LogP contribution in [0.4, 0.5) is 0 Å². The second-order valence-corrected chi connectivity index (χ2v) is 8.41. The third kappa shape index (κ3) is 3.29. The van der Waals surface area contributed by atoms with Crippen molar-refractivity contribution in [3.8, 4) is 0 Å². The summed E-state index contributed by atoms with van der Waals surface area (Å²) in [5.41, 5.74) is 0.300. The average molecular weight is 394 g/mol. The molecule has 2 bridgehead atoms. The lowest BCUT2D eigenvalue weighted by Crippen LogP contribution is -2.45. The molecule has 0 spiro atoms. The van der Waals surface area contributed by atoms with E-state index < -0.39 is 35.5 Å². The highest BCUT2D eigenvalue weighted by Crippen LogP contribution is 2.50. The van der Waals surface area contributed by atoms with Crippen LogP contribution in [0.15, 0.2) is 23.8 Å². The maximum atomic E-state index is 12.4. The molecule has 0 aromatic heterocycles. The molecule has 7 nitrogen and oxygen atoms in total. The summed E-state index contributed by atoms with van der Waals surface area (Å²) in [4.78, 5) is 24.7. The molecule has 0 aromatic carbocycles. The smallest absolute Gasteiger partial charge is 0.334 e. The SMILES string of the molecule is C=C1C(=O)O[C@H]2/C=C(\C)[C@@]3(OC)C[C@@H](OC)[C@@](C)(C[C@@H](OC(=O)C(C)C)[C@@H]12)O3. The van der Waals surface area contributed by atoms with Crippen molar-refractivity contribution in [2.24, 2.45) is 11.8 Å². The summed E-state index contributed by atoms with van der Waals surface area (Å²) in [6.07, 6.45) is 1.12. The van der Waals surface area contributed by atoms with Gasteiger partial charge in [-0.1, -0.05) is 20.4 Å². The number of carbonyl (C=O) groups is 2. The predicted molar refractivity (Wildman–Crippen MR) is 100 cm³/mol. The van der Waals surface area contributed by atoms with Gasteiger partial charge in [-0.05, 0) is 25.5 Å². The van der Waals surface area contributed by atoms with Crippen molar-refractivity contribution in [2.45, 2.75) is 70.2 Å². The highest BCUT2D eigenvalue weighted by atomic mass is 16.7. The Morgan fingerprint density at radius 1 is 1.32 bits per heavy atom. The Hall–Kier alpha value is -1.70. The minimum atomic E-state index is -0.993. The topological polar surface area (TPSA) is 80.3 Å². The lowest BCUT2D eigenvalue weighted by Gasteiger charge is -2.36. The molecule has 156 valence electrons. The van der Waals surface area contributed by atoms with Gasteiger partial charge in [-0.2, -0.15) is 0 Å². The molecule has 2 saturated heterocycles. The van der Waals surface area contributed by atoms with Crippen LogP contribution >= 0.6 is 0 Å². The molecule has 28 heavy (non-hydrogen) atoms. The Bertz CT molecular complexity index is 712. The molecule has 0 N–H and O–H groups in total. The number of hydrogen-bond acceptors (Lipinski definition) is 7. The van der Waals surface area contributed by atoms with Crippen LogP contribution < -0.4 is 0 Å². The van der Waals surface area contributed by atoms with Crippen molar-refractivity contribution in [1.82, 2.24) is 0 Å². The van der Waals surface area contributed by atoms with Crippen molar-refractivity contribution >= 4 is 11.9 Å². The number of methoxy groups -OCH3 is 2. The molecular weight excluding hydrogens is 364 g/mol. The van der Waals surface area contributed by atoms with E-state index in [4.69, 9.17) is 23.7 Å². The number of fused-ring (bicyclic) bond motifs is 3. The lowest BCUT2D eigenvalue weighted by atomic mass is 9.80. The van der Waals surface area contributed by atoms with Crippen LogP contribution in [0.25, 0.3) is 0 Å². The Morgan fingerprint density at radius 2 is 2.00 bits per heavy atom. The van der Waals surface area contributed by atoms with Crippen LogP contribution in [-0.4, -0.2) is 55.9 Å². The first-order valence-corrected chi connectivity index (χ1v) is 9.64. The van der Waals surface area contributed by atoms with Gasteiger partial charge in [0.1, 0.15) is 12.2 Å². The first kappa shape index (κ1) is 21.0. The van der Waals surface area contributed by atoms with E-state index in [0.29, 0.717) is 18.4 Å². The van der Waals surface area contributed by atoms with Gasteiger partial charge >= 0.3 is 11.9 Å². The van der Waals surface area contributed by atoms with Crippen LogP contribution in [0.1, 0.15) is 40.5 Å². The van der Waals surface area contributed by atoms with E-state index in [2.05, 4.69) is 6.58 Å². The summed E-state index contributed by atoms with van der Waals surface area (Å²) in [7, 11) is 3.21. The summed E-state index contributed by atoms with van der Waals surface area (Å²) >= 11 is 0. The minimum absolute atomic E-state index is 0.279. The predicted octanol–water partition coefficient (Wildman–Crippen LogP) is 2.54. The lowest BCUT2D eigenvalue weighted by molar-refractivity contribution is -0.223. The number of esters is 2. The number of hydrogen-bond donors (Lipinski definition) is 0. The van der Waals surface area contributed by atoms with Crippen LogP contribution in [0.2, 0.25) is 0 Å². The number of carbonyl (C=O) groups excluding carboxylic acids is 2. The minimum Gasteiger partial charge on any atom is -0.461 e. The maximum Gasteiger partial charge on any atom is 0.334 e. The molecule has 6 atom stereocenters. The van der Waals surface area contributed by atoms with E-state index in [9.17, 15) is 9.59 Å². The molecule has 3 rings (SSSR count). The van der Waals surface area contributed by atoms with Crippen molar-refractivity contribution in [2.75, 3.05) is 14.2 Å². The Kier molecular flexibility index (Phi) is 5.47. The van der Waals surface area contributed by atoms with Gasteiger partial charge in [0.05, 0.1) is 23.5 Å². The summed E-state index contributed by atoms with van der Waals surface area (Å²) in [5.74, 6) is -2.60. The molecule has 3 aliphatic rings. The molecule has 0 amide bonds. The van der Waals surface area contributed by atoms with Gasteiger partial charge in [0.2, 0.25) is 0 Å². The van der Waals surface area contributed by atoms with Crippen molar-refractivity contribution in [3.05, 3.63) is 23.8 Å².